The summed E-state index contributed by atoms with van der Waals surface area (Å²) in [7, 11) is 1.62. The summed E-state index contributed by atoms with van der Waals surface area (Å²) < 4.78 is 13.8. The van der Waals surface area contributed by atoms with Crippen molar-refractivity contribution < 1.29 is 9.18 Å². The zero-order valence-electron chi connectivity index (χ0n) is 15.7. The van der Waals surface area contributed by atoms with Crippen LogP contribution in [0.5, 0.6) is 0 Å². The van der Waals surface area contributed by atoms with Crippen molar-refractivity contribution in [3.8, 4) is 0 Å². The number of rotatable bonds is 4. The molecule has 2 aromatic rings. The summed E-state index contributed by atoms with van der Waals surface area (Å²) in [6.45, 7) is 6.35. The molecule has 0 aromatic heterocycles. The van der Waals surface area contributed by atoms with Crippen LogP contribution < -0.4 is 5.32 Å². The minimum atomic E-state index is -0.284. The second-order valence-electron chi connectivity index (χ2n) is 7.02. The number of carbonyl (C=O) groups is 1. The first-order valence-corrected chi connectivity index (χ1v) is 8.93. The maximum absolute atomic E-state index is 13.8. The Bertz CT molecular complexity index is 904. The molecule has 0 radical (unpaired) electrons. The monoisotopic (exact) mass is 349 g/mol. The largest absolute Gasteiger partial charge is 0.359 e. The summed E-state index contributed by atoms with van der Waals surface area (Å²) in [4.78, 5) is 11.9. The van der Waals surface area contributed by atoms with Crippen LogP contribution in [0.2, 0.25) is 0 Å². The molecule has 1 N–H and O–H groups in total. The number of benzene rings is 2. The lowest BCUT2D eigenvalue weighted by atomic mass is 9.98. The van der Waals surface area contributed by atoms with Gasteiger partial charge in [-0.2, -0.15) is 0 Å². The Labute approximate surface area is 154 Å². The van der Waals surface area contributed by atoms with Crippen LogP contribution in [0.3, 0.4) is 0 Å². The molecule has 0 aliphatic heterocycles. The predicted molar refractivity (Wildman–Crippen MR) is 106 cm³/mol. The first-order chi connectivity index (χ1) is 12.4. The molecule has 0 atom stereocenters. The van der Waals surface area contributed by atoms with E-state index in [1.807, 2.05) is 6.92 Å². The molecule has 3 rings (SSSR count). The fourth-order valence-electron chi connectivity index (χ4n) is 3.37. The van der Waals surface area contributed by atoms with E-state index >= 15 is 0 Å². The van der Waals surface area contributed by atoms with Crippen molar-refractivity contribution in [3.05, 3.63) is 76.1 Å². The Morgan fingerprint density at radius 1 is 1.12 bits per heavy atom. The van der Waals surface area contributed by atoms with Gasteiger partial charge in [0.1, 0.15) is 5.82 Å². The van der Waals surface area contributed by atoms with Crippen LogP contribution in [0.1, 0.15) is 55.4 Å². The minimum absolute atomic E-state index is 0.0721. The van der Waals surface area contributed by atoms with E-state index in [0.29, 0.717) is 5.92 Å². The second kappa shape index (κ2) is 7.28. The molecule has 0 heterocycles. The molecule has 3 heteroatoms. The van der Waals surface area contributed by atoms with Gasteiger partial charge in [-0.3, -0.25) is 4.79 Å². The fraction of sp³-hybridized carbons (Fsp3) is 0.261. The summed E-state index contributed by atoms with van der Waals surface area (Å²) in [5.74, 6) is 0.137. The number of hydrogen-bond acceptors (Lipinski definition) is 1. The average molecular weight is 349 g/mol. The van der Waals surface area contributed by atoms with Gasteiger partial charge in [0.25, 0.3) is 0 Å². The smallest absolute Gasteiger partial charge is 0.224 e. The third-order valence-electron chi connectivity index (χ3n) is 4.98. The average Bonchev–Trinajstić information content (AvgIpc) is 2.87. The number of hydrogen-bond donors (Lipinski definition) is 1. The van der Waals surface area contributed by atoms with E-state index in [2.05, 4.69) is 49.5 Å². The Morgan fingerprint density at radius 2 is 1.81 bits per heavy atom. The standard InChI is InChI=1S/C23H24FNO/c1-14(2)17-7-5-16(6-8-17)11-20-15(3)21(13-23(26)25-4)22-12-18(24)9-10-19(20)22/h5-12,14H,13H2,1-4H3,(H,25,26). The van der Waals surface area contributed by atoms with Crippen LogP contribution in [0.15, 0.2) is 48.0 Å². The van der Waals surface area contributed by atoms with E-state index in [9.17, 15) is 9.18 Å². The Morgan fingerprint density at radius 3 is 2.42 bits per heavy atom. The quantitative estimate of drug-likeness (QED) is 0.785. The molecule has 2 nitrogen and oxygen atoms in total. The molecule has 0 fully saturated rings. The van der Waals surface area contributed by atoms with Crippen LogP contribution in [-0.4, -0.2) is 13.0 Å². The molecule has 26 heavy (non-hydrogen) atoms. The zero-order valence-corrected chi connectivity index (χ0v) is 15.7. The van der Waals surface area contributed by atoms with Crippen LogP contribution in [0.4, 0.5) is 4.39 Å². The lowest BCUT2D eigenvalue weighted by molar-refractivity contribution is -0.119. The van der Waals surface area contributed by atoms with E-state index < -0.39 is 0 Å². The second-order valence-corrected chi connectivity index (χ2v) is 7.02. The highest BCUT2D eigenvalue weighted by Crippen LogP contribution is 2.43. The number of nitrogens with one attached hydrogen (secondary N) is 1. The first kappa shape index (κ1) is 18.1. The lowest BCUT2D eigenvalue weighted by Gasteiger charge is -2.07. The number of carbonyl (C=O) groups excluding carboxylic acids is 1. The van der Waals surface area contributed by atoms with E-state index in [4.69, 9.17) is 0 Å². The molecular formula is C23H24FNO. The molecule has 0 saturated heterocycles. The highest BCUT2D eigenvalue weighted by atomic mass is 19.1. The first-order valence-electron chi connectivity index (χ1n) is 8.93. The van der Waals surface area contributed by atoms with E-state index in [1.165, 1.54) is 17.7 Å². The number of fused-ring (bicyclic) bond motifs is 1. The van der Waals surface area contributed by atoms with Gasteiger partial charge in [-0.25, -0.2) is 4.39 Å². The third kappa shape index (κ3) is 3.48. The predicted octanol–water partition coefficient (Wildman–Crippen LogP) is 5.41. The lowest BCUT2D eigenvalue weighted by Crippen LogP contribution is -2.17. The van der Waals surface area contributed by atoms with Crippen LogP contribution in [0, 0.1) is 5.82 Å². The molecule has 1 aliphatic rings. The molecule has 0 spiro atoms. The minimum Gasteiger partial charge on any atom is -0.359 e. The van der Waals surface area contributed by atoms with Crippen molar-refractivity contribution in [1.82, 2.24) is 5.32 Å². The SMILES string of the molecule is CNC(=O)CC1=C(C)C(=Cc2ccc(C(C)C)cc2)c2ccc(F)cc21. The number of amides is 1. The van der Waals surface area contributed by atoms with Gasteiger partial charge < -0.3 is 5.32 Å². The zero-order chi connectivity index (χ0) is 18.8. The molecular weight excluding hydrogens is 325 g/mol. The number of halogens is 1. The molecule has 0 bridgehead atoms. The van der Waals surface area contributed by atoms with Gasteiger partial charge in [0.05, 0.1) is 6.42 Å². The van der Waals surface area contributed by atoms with Crippen LogP contribution in [-0.2, 0) is 4.79 Å². The van der Waals surface area contributed by atoms with Crippen molar-refractivity contribution in [2.75, 3.05) is 7.05 Å². The molecule has 0 unspecified atom stereocenters. The van der Waals surface area contributed by atoms with Crippen molar-refractivity contribution in [3.63, 3.8) is 0 Å². The molecule has 0 saturated carbocycles. The highest BCUT2D eigenvalue weighted by molar-refractivity contribution is 6.08. The third-order valence-corrected chi connectivity index (χ3v) is 4.98. The molecule has 1 amide bonds. The maximum atomic E-state index is 13.8. The van der Waals surface area contributed by atoms with Crippen molar-refractivity contribution in [2.45, 2.75) is 33.1 Å². The van der Waals surface area contributed by atoms with Crippen molar-refractivity contribution in [1.29, 1.82) is 0 Å². The van der Waals surface area contributed by atoms with E-state index in [0.717, 1.165) is 33.4 Å². The molecule has 2 aromatic carbocycles. The number of allylic oxidation sites excluding steroid dienone is 2. The van der Waals surface area contributed by atoms with Gasteiger partial charge in [-0.05, 0) is 70.0 Å². The summed E-state index contributed by atoms with van der Waals surface area (Å²) in [5.41, 5.74) is 7.17. The molecule has 1 aliphatic carbocycles. The topological polar surface area (TPSA) is 29.1 Å². The van der Waals surface area contributed by atoms with Crippen LogP contribution in [0.25, 0.3) is 17.2 Å². The van der Waals surface area contributed by atoms with Crippen LogP contribution >= 0.6 is 0 Å². The van der Waals surface area contributed by atoms with Gasteiger partial charge >= 0.3 is 0 Å². The Balaban J connectivity index is 2.07. The Hall–Kier alpha value is -2.68. The fourth-order valence-corrected chi connectivity index (χ4v) is 3.37. The van der Waals surface area contributed by atoms with E-state index in [1.54, 1.807) is 13.1 Å². The Kier molecular flexibility index (Phi) is 5.08. The van der Waals surface area contributed by atoms with Crippen molar-refractivity contribution in [2.24, 2.45) is 0 Å². The summed E-state index contributed by atoms with van der Waals surface area (Å²) >= 11 is 0. The van der Waals surface area contributed by atoms with Gasteiger partial charge in [-0.15, -0.1) is 0 Å². The van der Waals surface area contributed by atoms with Crippen molar-refractivity contribution >= 4 is 23.1 Å². The normalized spacial score (nSPS) is 14.9. The van der Waals surface area contributed by atoms with E-state index in [-0.39, 0.29) is 18.1 Å². The van der Waals surface area contributed by atoms with Gasteiger partial charge in [0, 0.05) is 7.05 Å². The highest BCUT2D eigenvalue weighted by Gasteiger charge is 2.25. The summed E-state index contributed by atoms with van der Waals surface area (Å²) in [5, 5.41) is 2.65. The van der Waals surface area contributed by atoms with Gasteiger partial charge in [0.15, 0.2) is 0 Å². The summed E-state index contributed by atoms with van der Waals surface area (Å²) in [6, 6.07) is 13.3. The molecule has 134 valence electrons. The van der Waals surface area contributed by atoms with Gasteiger partial charge in [-0.1, -0.05) is 44.2 Å². The maximum Gasteiger partial charge on any atom is 0.224 e. The summed E-state index contributed by atoms with van der Waals surface area (Å²) in [6.07, 6.45) is 2.37. The van der Waals surface area contributed by atoms with Gasteiger partial charge in [0.2, 0.25) is 5.91 Å².